The van der Waals surface area contributed by atoms with E-state index in [0.29, 0.717) is 28.7 Å². The predicted octanol–water partition coefficient (Wildman–Crippen LogP) is 3.27. The summed E-state index contributed by atoms with van der Waals surface area (Å²) in [6.45, 7) is 3.90. The number of piperidine rings is 1. The second kappa shape index (κ2) is 8.54. The molecule has 8 heteroatoms. The van der Waals surface area contributed by atoms with Crippen LogP contribution in [0.2, 0.25) is 5.02 Å². The van der Waals surface area contributed by atoms with Crippen LogP contribution in [0.1, 0.15) is 34.7 Å². The maximum absolute atomic E-state index is 12.4. The number of carbonyl (C=O) groups is 2. The van der Waals surface area contributed by atoms with Crippen LogP contribution >= 0.6 is 11.6 Å². The van der Waals surface area contributed by atoms with Crippen LogP contribution in [0, 0.1) is 12.8 Å². The van der Waals surface area contributed by atoms with Gasteiger partial charge in [-0.2, -0.15) is 0 Å². The third kappa shape index (κ3) is 4.87. The summed E-state index contributed by atoms with van der Waals surface area (Å²) in [7, 11) is 1.35. The molecule has 1 amide bonds. The molecule has 7 nitrogen and oxygen atoms in total. The minimum absolute atomic E-state index is 0.0220. The summed E-state index contributed by atoms with van der Waals surface area (Å²) in [4.78, 5) is 30.4. The molecule has 0 atom stereocenters. The van der Waals surface area contributed by atoms with E-state index in [0.717, 1.165) is 31.7 Å². The molecule has 1 N–H and O–H groups in total. The van der Waals surface area contributed by atoms with Gasteiger partial charge in [0.05, 0.1) is 18.7 Å². The number of nitrogens with one attached hydrogen (secondary N) is 1. The van der Waals surface area contributed by atoms with Gasteiger partial charge < -0.3 is 14.5 Å². The number of nitrogens with zero attached hydrogens (tertiary/aromatic N) is 2. The topological polar surface area (TPSA) is 84.7 Å². The summed E-state index contributed by atoms with van der Waals surface area (Å²) in [5.74, 6) is 1.32. The standard InChI is InChI=1S/C19H22ClN3O4/c1-12-16(19(25)26-2)9-15(27-12)11-23-7-5-13(6-8-23)18(24)22-17-4-3-14(20)10-21-17/h3-4,9-10,13H,5-8,11H2,1-2H3,(H,21,22,24). The molecule has 1 saturated heterocycles. The molecule has 0 bridgehead atoms. The van der Waals surface area contributed by atoms with Crippen molar-refractivity contribution in [3.63, 3.8) is 0 Å². The third-order valence-corrected chi connectivity index (χ3v) is 4.91. The predicted molar refractivity (Wildman–Crippen MR) is 101 cm³/mol. The van der Waals surface area contributed by atoms with Crippen LogP contribution in [0.3, 0.4) is 0 Å². The van der Waals surface area contributed by atoms with E-state index in [2.05, 4.69) is 15.2 Å². The largest absolute Gasteiger partial charge is 0.465 e. The van der Waals surface area contributed by atoms with Gasteiger partial charge in [0, 0.05) is 12.1 Å². The summed E-state index contributed by atoms with van der Waals surface area (Å²) in [6, 6.07) is 5.11. The second-order valence-electron chi connectivity index (χ2n) is 6.58. The number of carbonyl (C=O) groups excluding carboxylic acids is 2. The lowest BCUT2D eigenvalue weighted by Gasteiger charge is -2.30. The molecule has 144 valence electrons. The van der Waals surface area contributed by atoms with Crippen molar-refractivity contribution in [2.75, 3.05) is 25.5 Å². The second-order valence-corrected chi connectivity index (χ2v) is 7.01. The number of likely N-dealkylation sites (tertiary alicyclic amines) is 1. The van der Waals surface area contributed by atoms with Crippen LogP contribution in [0.15, 0.2) is 28.8 Å². The first-order valence-electron chi connectivity index (χ1n) is 8.78. The molecule has 3 heterocycles. The number of aromatic nitrogens is 1. The normalized spacial score (nSPS) is 15.5. The molecule has 0 unspecified atom stereocenters. The monoisotopic (exact) mass is 391 g/mol. The molecule has 0 spiro atoms. The minimum Gasteiger partial charge on any atom is -0.465 e. The molecule has 27 heavy (non-hydrogen) atoms. The Labute approximate surface area is 162 Å². The van der Waals surface area contributed by atoms with E-state index < -0.39 is 5.97 Å². The van der Waals surface area contributed by atoms with Gasteiger partial charge in [-0.25, -0.2) is 9.78 Å². The van der Waals surface area contributed by atoms with E-state index in [1.54, 1.807) is 25.1 Å². The summed E-state index contributed by atoms with van der Waals surface area (Å²) in [6.07, 6.45) is 3.01. The Morgan fingerprint density at radius 3 is 2.74 bits per heavy atom. The van der Waals surface area contributed by atoms with Crippen molar-refractivity contribution in [2.24, 2.45) is 5.92 Å². The number of anilines is 1. The fourth-order valence-electron chi connectivity index (χ4n) is 3.19. The number of esters is 1. The number of rotatable bonds is 5. The Hall–Kier alpha value is -2.38. The fraction of sp³-hybridized carbons (Fsp3) is 0.421. The zero-order valence-corrected chi connectivity index (χ0v) is 16.1. The highest BCUT2D eigenvalue weighted by Crippen LogP contribution is 2.23. The van der Waals surface area contributed by atoms with Gasteiger partial charge in [-0.3, -0.25) is 9.69 Å². The van der Waals surface area contributed by atoms with Crippen LogP contribution in [0.25, 0.3) is 0 Å². The third-order valence-electron chi connectivity index (χ3n) is 4.69. The smallest absolute Gasteiger partial charge is 0.341 e. The number of methoxy groups -OCH3 is 1. The van der Waals surface area contributed by atoms with E-state index in [-0.39, 0.29) is 11.8 Å². The molecule has 1 aliphatic rings. The molecule has 1 aliphatic heterocycles. The van der Waals surface area contributed by atoms with Crippen LogP contribution in [0.5, 0.6) is 0 Å². The average molecular weight is 392 g/mol. The van der Waals surface area contributed by atoms with Crippen molar-refractivity contribution in [1.82, 2.24) is 9.88 Å². The molecule has 0 aliphatic carbocycles. The lowest BCUT2D eigenvalue weighted by Crippen LogP contribution is -2.37. The number of amides is 1. The Balaban J connectivity index is 1.50. The van der Waals surface area contributed by atoms with E-state index in [4.69, 9.17) is 20.8 Å². The van der Waals surface area contributed by atoms with Crippen LogP contribution in [-0.4, -0.2) is 42.0 Å². The summed E-state index contributed by atoms with van der Waals surface area (Å²) in [5.41, 5.74) is 0.456. The van der Waals surface area contributed by atoms with Gasteiger partial charge in [0.25, 0.3) is 0 Å². The quantitative estimate of drug-likeness (QED) is 0.787. The van der Waals surface area contributed by atoms with Crippen molar-refractivity contribution < 1.29 is 18.7 Å². The Morgan fingerprint density at radius 2 is 2.11 bits per heavy atom. The number of hydrogen-bond donors (Lipinski definition) is 1. The molecule has 0 aromatic carbocycles. The lowest BCUT2D eigenvalue weighted by molar-refractivity contribution is -0.121. The first kappa shape index (κ1) is 19.4. The maximum Gasteiger partial charge on any atom is 0.341 e. The van der Waals surface area contributed by atoms with E-state index >= 15 is 0 Å². The van der Waals surface area contributed by atoms with Gasteiger partial charge in [0.2, 0.25) is 5.91 Å². The maximum atomic E-state index is 12.4. The Kier molecular flexibility index (Phi) is 6.13. The average Bonchev–Trinajstić information content (AvgIpc) is 3.03. The van der Waals surface area contributed by atoms with Crippen molar-refractivity contribution in [3.05, 3.63) is 46.5 Å². The van der Waals surface area contributed by atoms with Gasteiger partial charge in [0.1, 0.15) is 22.9 Å². The number of ether oxygens (including phenoxy) is 1. The highest BCUT2D eigenvalue weighted by Gasteiger charge is 2.26. The summed E-state index contributed by atoms with van der Waals surface area (Å²) >= 11 is 5.80. The van der Waals surface area contributed by atoms with Gasteiger partial charge in [-0.1, -0.05) is 11.6 Å². The number of pyridine rings is 1. The first-order valence-corrected chi connectivity index (χ1v) is 9.16. The zero-order chi connectivity index (χ0) is 19.4. The van der Waals surface area contributed by atoms with Crippen molar-refractivity contribution in [3.8, 4) is 0 Å². The fourth-order valence-corrected chi connectivity index (χ4v) is 3.30. The Bertz CT molecular complexity index is 811. The first-order chi connectivity index (χ1) is 13.0. The molecular formula is C19H22ClN3O4. The van der Waals surface area contributed by atoms with Gasteiger partial charge in [0.15, 0.2) is 0 Å². The summed E-state index contributed by atoms with van der Waals surface area (Å²) < 4.78 is 10.4. The van der Waals surface area contributed by atoms with Crippen molar-refractivity contribution in [2.45, 2.75) is 26.3 Å². The Morgan fingerprint density at radius 1 is 1.37 bits per heavy atom. The number of furan rings is 1. The highest BCUT2D eigenvalue weighted by atomic mass is 35.5. The van der Waals surface area contributed by atoms with Crippen molar-refractivity contribution >= 4 is 29.3 Å². The van der Waals surface area contributed by atoms with Crippen LogP contribution in [0.4, 0.5) is 5.82 Å². The molecule has 0 saturated carbocycles. The number of hydrogen-bond acceptors (Lipinski definition) is 6. The molecule has 3 rings (SSSR count). The van der Waals surface area contributed by atoms with Crippen LogP contribution < -0.4 is 5.32 Å². The van der Waals surface area contributed by atoms with Gasteiger partial charge in [-0.05, 0) is 51.1 Å². The minimum atomic E-state index is -0.395. The van der Waals surface area contributed by atoms with Crippen molar-refractivity contribution in [1.29, 1.82) is 0 Å². The number of aryl methyl sites for hydroxylation is 1. The summed E-state index contributed by atoms with van der Waals surface area (Å²) in [5, 5.41) is 3.37. The molecule has 1 fully saturated rings. The van der Waals surface area contributed by atoms with E-state index in [9.17, 15) is 9.59 Å². The molecule has 0 radical (unpaired) electrons. The SMILES string of the molecule is COC(=O)c1cc(CN2CCC(C(=O)Nc3ccc(Cl)cn3)CC2)oc1C. The molecule has 2 aromatic heterocycles. The zero-order valence-electron chi connectivity index (χ0n) is 15.3. The lowest BCUT2D eigenvalue weighted by atomic mass is 9.96. The van der Waals surface area contributed by atoms with Crippen LogP contribution in [-0.2, 0) is 16.1 Å². The number of halogens is 1. The van der Waals surface area contributed by atoms with Gasteiger partial charge >= 0.3 is 5.97 Å². The van der Waals surface area contributed by atoms with E-state index in [1.807, 2.05) is 0 Å². The molecular weight excluding hydrogens is 370 g/mol. The van der Waals surface area contributed by atoms with E-state index in [1.165, 1.54) is 13.3 Å². The molecule has 2 aromatic rings. The highest BCUT2D eigenvalue weighted by molar-refractivity contribution is 6.30. The van der Waals surface area contributed by atoms with Gasteiger partial charge in [-0.15, -0.1) is 0 Å².